The van der Waals surface area contributed by atoms with E-state index in [0.29, 0.717) is 56.2 Å². The van der Waals surface area contributed by atoms with Gasteiger partial charge in [0, 0.05) is 62.2 Å². The highest BCUT2D eigenvalue weighted by atomic mass is 35.5. The third-order valence-corrected chi connectivity index (χ3v) is 8.94. The molecule has 45 heavy (non-hydrogen) atoms. The van der Waals surface area contributed by atoms with Crippen LogP contribution in [0.2, 0.25) is 5.02 Å². The van der Waals surface area contributed by atoms with Crippen molar-refractivity contribution in [3.05, 3.63) is 106 Å². The average Bonchev–Trinajstić information content (AvgIpc) is 3.05. The molecule has 0 bridgehead atoms. The second-order valence-corrected chi connectivity index (χ2v) is 12.5. The van der Waals surface area contributed by atoms with Gasteiger partial charge in [0.15, 0.2) is 0 Å². The van der Waals surface area contributed by atoms with Crippen LogP contribution in [-0.2, 0) is 33.8 Å². The van der Waals surface area contributed by atoms with Gasteiger partial charge in [-0.25, -0.2) is 4.39 Å². The lowest BCUT2D eigenvalue weighted by Gasteiger charge is -2.41. The van der Waals surface area contributed by atoms with Crippen molar-refractivity contribution < 1.29 is 18.8 Å². The van der Waals surface area contributed by atoms with Gasteiger partial charge >= 0.3 is 0 Å². The zero-order chi connectivity index (χ0) is 31.9. The summed E-state index contributed by atoms with van der Waals surface area (Å²) in [4.78, 5) is 43.8. The van der Waals surface area contributed by atoms with Gasteiger partial charge in [0.2, 0.25) is 17.7 Å². The van der Waals surface area contributed by atoms with Gasteiger partial charge in [-0.2, -0.15) is 0 Å². The SMILES string of the molecule is CC(C)C(=O)NCC(c1ccccc1F)N1CCN(C(=O)C(Cc2ccc(Cl)cc2)NC(=O)C2Cc3ccccc3CN2)CC1. The Morgan fingerprint density at radius 2 is 1.60 bits per heavy atom. The lowest BCUT2D eigenvalue weighted by atomic mass is 9.95. The summed E-state index contributed by atoms with van der Waals surface area (Å²) in [7, 11) is 0. The summed E-state index contributed by atoms with van der Waals surface area (Å²) in [6.45, 7) is 6.29. The van der Waals surface area contributed by atoms with Gasteiger partial charge in [-0.15, -0.1) is 0 Å². The smallest absolute Gasteiger partial charge is 0.245 e. The van der Waals surface area contributed by atoms with Crippen molar-refractivity contribution in [3.8, 4) is 0 Å². The monoisotopic (exact) mass is 633 g/mol. The summed E-state index contributed by atoms with van der Waals surface area (Å²) in [5, 5.41) is 9.92. The molecule has 1 saturated heterocycles. The van der Waals surface area contributed by atoms with Crippen LogP contribution >= 0.6 is 11.6 Å². The molecule has 10 heteroatoms. The number of piperazine rings is 1. The fourth-order valence-corrected chi connectivity index (χ4v) is 6.15. The maximum absolute atomic E-state index is 14.9. The highest BCUT2D eigenvalue weighted by molar-refractivity contribution is 6.30. The largest absolute Gasteiger partial charge is 0.354 e. The molecule has 3 aromatic carbocycles. The number of benzene rings is 3. The van der Waals surface area contributed by atoms with E-state index in [2.05, 4.69) is 26.9 Å². The van der Waals surface area contributed by atoms with E-state index >= 15 is 0 Å². The van der Waals surface area contributed by atoms with Gasteiger partial charge in [0.05, 0.1) is 12.1 Å². The van der Waals surface area contributed by atoms with Gasteiger partial charge in [-0.1, -0.05) is 80.0 Å². The topological polar surface area (TPSA) is 93.8 Å². The zero-order valence-corrected chi connectivity index (χ0v) is 26.5. The number of rotatable bonds is 10. The minimum absolute atomic E-state index is 0.0955. The van der Waals surface area contributed by atoms with Crippen LogP contribution in [0.15, 0.2) is 72.8 Å². The summed E-state index contributed by atoms with van der Waals surface area (Å²) in [6, 6.07) is 20.4. The molecule has 1 fully saturated rings. The predicted molar refractivity (Wildman–Crippen MR) is 173 cm³/mol. The van der Waals surface area contributed by atoms with Gasteiger partial charge < -0.3 is 20.9 Å². The van der Waals surface area contributed by atoms with Gasteiger partial charge in [0.25, 0.3) is 0 Å². The van der Waals surface area contributed by atoms with Gasteiger partial charge in [-0.3, -0.25) is 19.3 Å². The Kier molecular flexibility index (Phi) is 10.9. The molecule has 3 N–H and O–H groups in total. The van der Waals surface area contributed by atoms with E-state index in [9.17, 15) is 18.8 Å². The van der Waals surface area contributed by atoms with Crippen LogP contribution in [0.5, 0.6) is 0 Å². The van der Waals surface area contributed by atoms with Crippen molar-refractivity contribution in [2.45, 2.75) is 51.4 Å². The number of fused-ring (bicyclic) bond motifs is 1. The average molecular weight is 634 g/mol. The summed E-state index contributed by atoms with van der Waals surface area (Å²) >= 11 is 6.10. The molecule has 3 unspecified atom stereocenters. The zero-order valence-electron chi connectivity index (χ0n) is 25.8. The normalized spacial score (nSPS) is 18.2. The van der Waals surface area contributed by atoms with E-state index in [1.807, 2.05) is 44.2 Å². The first-order valence-corrected chi connectivity index (χ1v) is 16.0. The summed E-state index contributed by atoms with van der Waals surface area (Å²) in [5.41, 5.74) is 3.70. The standard InChI is InChI=1S/C35H41ClFN5O3/c1-23(2)33(43)39-22-32(28-9-5-6-10-29(28)37)41-15-17-42(18-16-41)35(45)31(19-24-11-13-27(36)14-12-24)40-34(44)30-20-25-7-3-4-8-26(25)21-38-30/h3-14,23,30-32,38H,15-22H2,1-2H3,(H,39,43)(H,40,44). The van der Waals surface area contributed by atoms with E-state index in [1.165, 1.54) is 11.6 Å². The Bertz CT molecular complexity index is 1490. The first kappa shape index (κ1) is 32.6. The molecule has 2 aliphatic rings. The van der Waals surface area contributed by atoms with Gasteiger partial charge in [-0.05, 0) is 41.3 Å². The van der Waals surface area contributed by atoms with Crippen LogP contribution in [0.4, 0.5) is 4.39 Å². The molecule has 2 heterocycles. The van der Waals surface area contributed by atoms with Crippen molar-refractivity contribution in [1.29, 1.82) is 0 Å². The molecule has 238 valence electrons. The number of nitrogens with one attached hydrogen (secondary N) is 3. The molecule has 8 nitrogen and oxygen atoms in total. The van der Waals surface area contributed by atoms with E-state index in [1.54, 1.807) is 35.2 Å². The quantitative estimate of drug-likeness (QED) is 0.315. The molecule has 0 spiro atoms. The van der Waals surface area contributed by atoms with Crippen molar-refractivity contribution in [2.24, 2.45) is 5.92 Å². The molecule has 0 saturated carbocycles. The molecular weight excluding hydrogens is 593 g/mol. The van der Waals surface area contributed by atoms with Crippen LogP contribution in [0.1, 0.15) is 42.1 Å². The molecule has 0 radical (unpaired) electrons. The highest BCUT2D eigenvalue weighted by Crippen LogP contribution is 2.25. The third kappa shape index (κ3) is 8.28. The second kappa shape index (κ2) is 15.0. The van der Waals surface area contributed by atoms with Crippen LogP contribution in [-0.4, -0.2) is 72.3 Å². The Balaban J connectivity index is 1.28. The first-order valence-electron chi connectivity index (χ1n) is 15.6. The van der Waals surface area contributed by atoms with Crippen molar-refractivity contribution in [1.82, 2.24) is 25.8 Å². The number of halogens is 2. The van der Waals surface area contributed by atoms with Crippen molar-refractivity contribution >= 4 is 29.3 Å². The summed E-state index contributed by atoms with van der Waals surface area (Å²) < 4.78 is 14.9. The molecular formula is C35H41ClFN5O3. The molecule has 0 aromatic heterocycles. The van der Waals surface area contributed by atoms with Crippen molar-refractivity contribution in [2.75, 3.05) is 32.7 Å². The van der Waals surface area contributed by atoms with Crippen LogP contribution < -0.4 is 16.0 Å². The summed E-state index contributed by atoms with van der Waals surface area (Å²) in [6.07, 6.45) is 0.873. The summed E-state index contributed by atoms with van der Waals surface area (Å²) in [5.74, 6) is -0.987. The predicted octanol–water partition coefficient (Wildman–Crippen LogP) is 3.88. The van der Waals surface area contributed by atoms with Crippen LogP contribution in [0.25, 0.3) is 0 Å². The molecule has 0 aliphatic carbocycles. The van der Waals surface area contributed by atoms with E-state index < -0.39 is 12.1 Å². The van der Waals surface area contributed by atoms with E-state index in [-0.39, 0.29) is 42.0 Å². The Morgan fingerprint density at radius 3 is 2.29 bits per heavy atom. The van der Waals surface area contributed by atoms with Crippen LogP contribution in [0.3, 0.4) is 0 Å². The third-order valence-electron chi connectivity index (χ3n) is 8.69. The Labute approximate surface area is 269 Å². The number of hydrogen-bond donors (Lipinski definition) is 3. The number of carbonyl (C=O) groups is 3. The number of nitrogens with zero attached hydrogens (tertiary/aromatic N) is 2. The first-order chi connectivity index (χ1) is 21.7. The number of amides is 3. The van der Waals surface area contributed by atoms with Gasteiger partial charge in [0.1, 0.15) is 11.9 Å². The maximum Gasteiger partial charge on any atom is 0.245 e. The Hall–Kier alpha value is -3.79. The molecule has 3 atom stereocenters. The van der Waals surface area contributed by atoms with Crippen LogP contribution in [0, 0.1) is 11.7 Å². The number of hydrogen-bond acceptors (Lipinski definition) is 5. The fraction of sp³-hybridized carbons (Fsp3) is 0.400. The molecule has 5 rings (SSSR count). The minimum atomic E-state index is -0.767. The van der Waals surface area contributed by atoms with E-state index in [0.717, 1.165) is 11.1 Å². The lowest BCUT2D eigenvalue weighted by Crippen LogP contribution is -2.58. The molecule has 2 aliphatic heterocycles. The van der Waals surface area contributed by atoms with E-state index in [4.69, 9.17) is 11.6 Å². The Morgan fingerprint density at radius 1 is 0.933 bits per heavy atom. The minimum Gasteiger partial charge on any atom is -0.354 e. The highest BCUT2D eigenvalue weighted by Gasteiger charge is 2.34. The molecule has 3 amide bonds. The number of carbonyl (C=O) groups excluding carboxylic acids is 3. The second-order valence-electron chi connectivity index (χ2n) is 12.1. The van der Waals surface area contributed by atoms with Crippen molar-refractivity contribution in [3.63, 3.8) is 0 Å². The maximum atomic E-state index is 14.9. The fourth-order valence-electron chi connectivity index (χ4n) is 6.03. The molecule has 3 aromatic rings. The lowest BCUT2D eigenvalue weighted by molar-refractivity contribution is -0.138.